The van der Waals surface area contributed by atoms with Crippen LogP contribution in [-0.2, 0) is 0 Å². The molecular weight excluding hydrogens is 268 g/mol. The lowest BCUT2D eigenvalue weighted by Crippen LogP contribution is -2.19. The molecule has 1 aromatic rings. The molecule has 0 spiro atoms. The molecule has 0 bridgehead atoms. The van der Waals surface area contributed by atoms with Crippen molar-refractivity contribution in [2.24, 2.45) is 0 Å². The minimum absolute atomic E-state index is 0.282. The van der Waals surface area contributed by atoms with Crippen molar-refractivity contribution < 1.29 is 5.11 Å². The van der Waals surface area contributed by atoms with E-state index < -0.39 is 0 Å². The van der Waals surface area contributed by atoms with Gasteiger partial charge in [-0.2, -0.15) is 0 Å². The summed E-state index contributed by atoms with van der Waals surface area (Å²) in [6.07, 6.45) is 3.01. The summed E-state index contributed by atoms with van der Waals surface area (Å²) in [7, 11) is 2.04. The molecule has 0 heterocycles. The van der Waals surface area contributed by atoms with E-state index >= 15 is 0 Å². The summed E-state index contributed by atoms with van der Waals surface area (Å²) < 4.78 is 1.00. The Morgan fingerprint density at radius 1 is 1.31 bits per heavy atom. The molecule has 4 heteroatoms. The molecule has 0 saturated carbocycles. The zero-order valence-corrected chi connectivity index (χ0v) is 11.2. The predicted octanol–water partition coefficient (Wildman–Crippen LogP) is 2.63. The van der Waals surface area contributed by atoms with Crippen molar-refractivity contribution in [2.45, 2.75) is 19.3 Å². The highest BCUT2D eigenvalue weighted by atomic mass is 79.9. The average Bonchev–Trinajstić information content (AvgIpc) is 2.24. The van der Waals surface area contributed by atoms with Gasteiger partial charge in [0.2, 0.25) is 0 Å². The molecule has 0 aliphatic rings. The predicted molar refractivity (Wildman–Crippen MR) is 72.8 cm³/mol. The van der Waals surface area contributed by atoms with Gasteiger partial charge in [0.15, 0.2) is 0 Å². The molecular formula is C12H19BrN2O. The van der Waals surface area contributed by atoms with Gasteiger partial charge in [-0.25, -0.2) is 0 Å². The van der Waals surface area contributed by atoms with Crippen LogP contribution in [0.4, 0.5) is 11.4 Å². The lowest BCUT2D eigenvalue weighted by molar-refractivity contribution is 0.283. The summed E-state index contributed by atoms with van der Waals surface area (Å²) in [6, 6.07) is 5.93. The van der Waals surface area contributed by atoms with Gasteiger partial charge in [0.25, 0.3) is 0 Å². The maximum absolute atomic E-state index is 8.68. The maximum atomic E-state index is 8.68. The SMILES string of the molecule is CN(CCCCCO)c1ccc(Br)cc1N. The van der Waals surface area contributed by atoms with Gasteiger partial charge in [-0.15, -0.1) is 0 Å². The van der Waals surface area contributed by atoms with Crippen LogP contribution in [-0.4, -0.2) is 25.3 Å². The highest BCUT2D eigenvalue weighted by Crippen LogP contribution is 2.25. The van der Waals surface area contributed by atoms with Crippen molar-refractivity contribution in [1.29, 1.82) is 0 Å². The third-order valence-electron chi connectivity index (χ3n) is 2.55. The first-order valence-electron chi connectivity index (χ1n) is 5.52. The van der Waals surface area contributed by atoms with Crippen LogP contribution in [0.5, 0.6) is 0 Å². The molecule has 90 valence electrons. The molecule has 16 heavy (non-hydrogen) atoms. The van der Waals surface area contributed by atoms with E-state index in [1.54, 1.807) is 0 Å². The van der Waals surface area contributed by atoms with Gasteiger partial charge in [0.05, 0.1) is 11.4 Å². The molecule has 0 aliphatic carbocycles. The first kappa shape index (κ1) is 13.3. The Bertz CT molecular complexity index is 331. The van der Waals surface area contributed by atoms with E-state index in [1.807, 2.05) is 25.2 Å². The zero-order chi connectivity index (χ0) is 12.0. The van der Waals surface area contributed by atoms with E-state index in [4.69, 9.17) is 10.8 Å². The number of nitrogens with two attached hydrogens (primary N) is 1. The molecule has 1 aromatic carbocycles. The number of halogens is 1. The van der Waals surface area contributed by atoms with Gasteiger partial charge in [0, 0.05) is 24.7 Å². The Balaban J connectivity index is 2.49. The number of unbranched alkanes of at least 4 members (excludes halogenated alkanes) is 2. The van der Waals surface area contributed by atoms with Crippen LogP contribution in [0.3, 0.4) is 0 Å². The van der Waals surface area contributed by atoms with E-state index in [-0.39, 0.29) is 6.61 Å². The topological polar surface area (TPSA) is 49.5 Å². The van der Waals surface area contributed by atoms with E-state index in [0.29, 0.717) is 0 Å². The lowest BCUT2D eigenvalue weighted by atomic mass is 10.2. The summed E-state index contributed by atoms with van der Waals surface area (Å²) in [5.74, 6) is 0. The zero-order valence-electron chi connectivity index (χ0n) is 9.62. The largest absolute Gasteiger partial charge is 0.397 e. The minimum Gasteiger partial charge on any atom is -0.397 e. The number of aliphatic hydroxyl groups is 1. The lowest BCUT2D eigenvalue weighted by Gasteiger charge is -2.21. The number of anilines is 2. The van der Waals surface area contributed by atoms with Crippen LogP contribution in [0.15, 0.2) is 22.7 Å². The summed E-state index contributed by atoms with van der Waals surface area (Å²) in [6.45, 7) is 1.25. The molecule has 0 atom stereocenters. The minimum atomic E-state index is 0.282. The first-order valence-corrected chi connectivity index (χ1v) is 6.31. The van der Waals surface area contributed by atoms with Crippen LogP contribution >= 0.6 is 15.9 Å². The Morgan fingerprint density at radius 2 is 2.06 bits per heavy atom. The van der Waals surface area contributed by atoms with E-state index in [0.717, 1.165) is 41.7 Å². The van der Waals surface area contributed by atoms with Crippen molar-refractivity contribution in [2.75, 3.05) is 30.8 Å². The Kier molecular flexibility index (Phi) is 5.63. The van der Waals surface area contributed by atoms with E-state index in [2.05, 4.69) is 20.8 Å². The number of aliphatic hydroxyl groups excluding tert-OH is 1. The number of hydrogen-bond donors (Lipinski definition) is 2. The quantitative estimate of drug-likeness (QED) is 0.624. The first-order chi connectivity index (χ1) is 7.65. The highest BCUT2D eigenvalue weighted by molar-refractivity contribution is 9.10. The standard InChI is InChI=1S/C12H19BrN2O/c1-15(7-3-2-4-8-16)12-6-5-10(13)9-11(12)14/h5-6,9,16H,2-4,7-8,14H2,1H3. The monoisotopic (exact) mass is 286 g/mol. The second kappa shape index (κ2) is 6.76. The molecule has 0 saturated heterocycles. The van der Waals surface area contributed by atoms with Crippen molar-refractivity contribution in [1.82, 2.24) is 0 Å². The van der Waals surface area contributed by atoms with Crippen molar-refractivity contribution >= 4 is 27.3 Å². The number of benzene rings is 1. The van der Waals surface area contributed by atoms with Crippen LogP contribution in [0, 0.1) is 0 Å². The van der Waals surface area contributed by atoms with Crippen LogP contribution in [0.1, 0.15) is 19.3 Å². The van der Waals surface area contributed by atoms with Crippen molar-refractivity contribution in [3.05, 3.63) is 22.7 Å². The normalized spacial score (nSPS) is 10.4. The van der Waals surface area contributed by atoms with E-state index in [1.165, 1.54) is 0 Å². The van der Waals surface area contributed by atoms with Gasteiger partial charge in [-0.1, -0.05) is 15.9 Å². The van der Waals surface area contributed by atoms with Gasteiger partial charge in [-0.05, 0) is 37.5 Å². The Labute approximate surface area is 105 Å². The fraction of sp³-hybridized carbons (Fsp3) is 0.500. The van der Waals surface area contributed by atoms with Crippen LogP contribution in [0.2, 0.25) is 0 Å². The number of rotatable bonds is 6. The highest BCUT2D eigenvalue weighted by Gasteiger charge is 2.04. The molecule has 0 amide bonds. The number of nitrogens with zero attached hydrogens (tertiary/aromatic N) is 1. The van der Waals surface area contributed by atoms with Crippen molar-refractivity contribution in [3.8, 4) is 0 Å². The summed E-state index contributed by atoms with van der Waals surface area (Å²) >= 11 is 3.39. The Hall–Kier alpha value is -0.740. The summed E-state index contributed by atoms with van der Waals surface area (Å²) in [5, 5.41) is 8.68. The summed E-state index contributed by atoms with van der Waals surface area (Å²) in [4.78, 5) is 2.15. The van der Waals surface area contributed by atoms with Crippen molar-refractivity contribution in [3.63, 3.8) is 0 Å². The second-order valence-electron chi connectivity index (χ2n) is 3.91. The number of hydrogen-bond acceptors (Lipinski definition) is 3. The maximum Gasteiger partial charge on any atom is 0.0598 e. The van der Waals surface area contributed by atoms with Gasteiger partial charge < -0.3 is 15.7 Å². The molecule has 1 rings (SSSR count). The third-order valence-corrected chi connectivity index (χ3v) is 3.05. The fourth-order valence-electron chi connectivity index (χ4n) is 1.63. The third kappa shape index (κ3) is 4.02. The smallest absolute Gasteiger partial charge is 0.0598 e. The molecule has 0 fully saturated rings. The molecule has 0 unspecified atom stereocenters. The molecule has 3 N–H and O–H groups in total. The molecule has 3 nitrogen and oxygen atoms in total. The fourth-order valence-corrected chi connectivity index (χ4v) is 2.01. The average molecular weight is 287 g/mol. The molecule has 0 radical (unpaired) electrons. The van der Waals surface area contributed by atoms with E-state index in [9.17, 15) is 0 Å². The van der Waals surface area contributed by atoms with Gasteiger partial charge >= 0.3 is 0 Å². The Morgan fingerprint density at radius 3 is 2.69 bits per heavy atom. The number of nitrogen functional groups attached to an aromatic ring is 1. The second-order valence-corrected chi connectivity index (χ2v) is 4.82. The summed E-state index contributed by atoms with van der Waals surface area (Å²) in [5.41, 5.74) is 7.79. The van der Waals surface area contributed by atoms with Gasteiger partial charge in [-0.3, -0.25) is 0 Å². The molecule has 0 aromatic heterocycles. The van der Waals surface area contributed by atoms with Crippen LogP contribution < -0.4 is 10.6 Å². The molecule has 0 aliphatic heterocycles. The van der Waals surface area contributed by atoms with Gasteiger partial charge in [0.1, 0.15) is 0 Å². The van der Waals surface area contributed by atoms with Crippen LogP contribution in [0.25, 0.3) is 0 Å².